The molecule has 0 aromatic heterocycles. The van der Waals surface area contributed by atoms with Crippen molar-refractivity contribution in [3.8, 4) is 0 Å². The maximum atomic E-state index is 11.5. The second kappa shape index (κ2) is 4.42. The fourth-order valence-corrected chi connectivity index (χ4v) is 3.36. The lowest BCUT2D eigenvalue weighted by Gasteiger charge is -2.43. The molecule has 1 aliphatic carbocycles. The summed E-state index contributed by atoms with van der Waals surface area (Å²) in [5.41, 5.74) is 0.312. The first kappa shape index (κ1) is 13.0. The molecule has 90 valence electrons. The van der Waals surface area contributed by atoms with E-state index >= 15 is 0 Å². The van der Waals surface area contributed by atoms with E-state index in [-0.39, 0.29) is 11.8 Å². The third kappa shape index (κ3) is 3.76. The van der Waals surface area contributed by atoms with Gasteiger partial charge in [0.2, 0.25) is 10.0 Å². The first-order chi connectivity index (χ1) is 6.74. The van der Waals surface area contributed by atoms with Gasteiger partial charge in [-0.05, 0) is 30.6 Å². The van der Waals surface area contributed by atoms with Gasteiger partial charge < -0.3 is 0 Å². The summed E-state index contributed by atoms with van der Waals surface area (Å²) in [4.78, 5) is 0. The Hall–Kier alpha value is -0.0900. The van der Waals surface area contributed by atoms with Crippen molar-refractivity contribution >= 4 is 10.0 Å². The maximum absolute atomic E-state index is 11.5. The van der Waals surface area contributed by atoms with E-state index in [9.17, 15) is 8.42 Å². The van der Waals surface area contributed by atoms with Crippen LogP contribution in [0.15, 0.2) is 0 Å². The highest BCUT2D eigenvalue weighted by Gasteiger charge is 2.38. The minimum atomic E-state index is -3.01. The summed E-state index contributed by atoms with van der Waals surface area (Å²) in [6.07, 6.45) is 2.67. The van der Waals surface area contributed by atoms with Crippen molar-refractivity contribution in [1.29, 1.82) is 0 Å². The molecule has 0 aliphatic heterocycles. The second-order valence-electron chi connectivity index (χ2n) is 5.67. The molecule has 0 saturated heterocycles. The Morgan fingerprint density at radius 2 is 1.80 bits per heavy atom. The summed E-state index contributed by atoms with van der Waals surface area (Å²) in [6.45, 7) is 8.54. The molecule has 3 nitrogen and oxygen atoms in total. The Morgan fingerprint density at radius 1 is 1.27 bits per heavy atom. The molecule has 1 rings (SSSR count). The van der Waals surface area contributed by atoms with Crippen LogP contribution in [0.3, 0.4) is 0 Å². The summed E-state index contributed by atoms with van der Waals surface area (Å²) < 4.78 is 25.7. The minimum absolute atomic E-state index is 0.186. The lowest BCUT2D eigenvalue weighted by Crippen LogP contribution is -2.48. The van der Waals surface area contributed by atoms with Gasteiger partial charge in [0.1, 0.15) is 0 Å². The number of nitrogens with one attached hydrogen (secondary N) is 1. The Bertz CT molecular complexity index is 297. The van der Waals surface area contributed by atoms with Gasteiger partial charge in [0.25, 0.3) is 0 Å². The van der Waals surface area contributed by atoms with Gasteiger partial charge in [0.15, 0.2) is 0 Å². The van der Waals surface area contributed by atoms with Gasteiger partial charge in [-0.1, -0.05) is 27.7 Å². The third-order valence-corrected chi connectivity index (χ3v) is 4.82. The molecule has 4 heteroatoms. The summed E-state index contributed by atoms with van der Waals surface area (Å²) in [5.74, 6) is 0.913. The maximum Gasteiger partial charge on any atom is 0.211 e. The Kier molecular flexibility index (Phi) is 3.82. The van der Waals surface area contributed by atoms with Crippen LogP contribution in [-0.4, -0.2) is 20.2 Å². The summed E-state index contributed by atoms with van der Waals surface area (Å²) in [5, 5.41) is 0. The van der Waals surface area contributed by atoms with Gasteiger partial charge in [0, 0.05) is 6.04 Å². The highest BCUT2D eigenvalue weighted by molar-refractivity contribution is 7.89. The van der Waals surface area contributed by atoms with Crippen LogP contribution in [0.25, 0.3) is 0 Å². The quantitative estimate of drug-likeness (QED) is 0.808. The van der Waals surface area contributed by atoms with Crippen molar-refractivity contribution in [3.05, 3.63) is 0 Å². The van der Waals surface area contributed by atoms with Gasteiger partial charge in [-0.25, -0.2) is 13.1 Å². The molecule has 1 fully saturated rings. The van der Waals surface area contributed by atoms with Gasteiger partial charge in [-0.3, -0.25) is 0 Å². The molecule has 0 spiro atoms. The van der Waals surface area contributed by atoms with Crippen LogP contribution >= 0.6 is 0 Å². The van der Waals surface area contributed by atoms with E-state index in [2.05, 4.69) is 25.5 Å². The molecule has 0 heterocycles. The van der Waals surface area contributed by atoms with Crippen LogP contribution in [0.1, 0.15) is 47.0 Å². The van der Waals surface area contributed by atoms with Crippen molar-refractivity contribution in [3.63, 3.8) is 0 Å². The standard InChI is InChI=1S/C11H23NO2S/c1-5-6-15(13,14)12-10-7-9(8-10)11(2,3)4/h9-10,12H,5-8H2,1-4H3. The second-order valence-corrected chi connectivity index (χ2v) is 7.54. The average molecular weight is 233 g/mol. The van der Waals surface area contributed by atoms with Crippen LogP contribution in [0.2, 0.25) is 0 Å². The zero-order valence-corrected chi connectivity index (χ0v) is 11.0. The summed E-state index contributed by atoms with van der Waals surface area (Å²) >= 11 is 0. The molecule has 1 aliphatic rings. The van der Waals surface area contributed by atoms with Gasteiger partial charge in [-0.2, -0.15) is 0 Å². The minimum Gasteiger partial charge on any atom is -0.212 e. The molecule has 0 amide bonds. The monoisotopic (exact) mass is 233 g/mol. The Balaban J connectivity index is 2.35. The van der Waals surface area contributed by atoms with Crippen LogP contribution in [0.5, 0.6) is 0 Å². The number of hydrogen-bond acceptors (Lipinski definition) is 2. The molecule has 0 atom stereocenters. The lowest BCUT2D eigenvalue weighted by molar-refractivity contribution is 0.110. The topological polar surface area (TPSA) is 46.2 Å². The largest absolute Gasteiger partial charge is 0.212 e. The van der Waals surface area contributed by atoms with E-state index in [0.29, 0.717) is 17.8 Å². The van der Waals surface area contributed by atoms with Gasteiger partial charge >= 0.3 is 0 Å². The van der Waals surface area contributed by atoms with Gasteiger partial charge in [-0.15, -0.1) is 0 Å². The van der Waals surface area contributed by atoms with Crippen molar-refractivity contribution in [1.82, 2.24) is 4.72 Å². The summed E-state index contributed by atoms with van der Waals surface area (Å²) in [7, 11) is -3.01. The van der Waals surface area contributed by atoms with Crippen LogP contribution in [0.4, 0.5) is 0 Å². The molecule has 0 unspecified atom stereocenters. The molecule has 0 aromatic carbocycles. The average Bonchev–Trinajstić information content (AvgIpc) is 1.93. The third-order valence-electron chi connectivity index (χ3n) is 3.18. The number of sulfonamides is 1. The lowest BCUT2D eigenvalue weighted by atomic mass is 9.66. The van der Waals surface area contributed by atoms with Crippen molar-refractivity contribution in [2.75, 3.05) is 5.75 Å². The first-order valence-electron chi connectivity index (χ1n) is 5.74. The van der Waals surface area contributed by atoms with Crippen molar-refractivity contribution in [2.45, 2.75) is 53.0 Å². The van der Waals surface area contributed by atoms with Crippen LogP contribution in [0, 0.1) is 11.3 Å². The zero-order chi connectivity index (χ0) is 11.7. The molecule has 0 aromatic rings. The molecule has 15 heavy (non-hydrogen) atoms. The molecule has 1 saturated carbocycles. The smallest absolute Gasteiger partial charge is 0.211 e. The van der Waals surface area contributed by atoms with Crippen molar-refractivity contribution in [2.24, 2.45) is 11.3 Å². The summed E-state index contributed by atoms with van der Waals surface area (Å²) in [6, 6.07) is 0.186. The molecule has 1 N–H and O–H groups in total. The van der Waals surface area contributed by atoms with E-state index in [0.717, 1.165) is 12.8 Å². The van der Waals surface area contributed by atoms with Crippen LogP contribution in [-0.2, 0) is 10.0 Å². The first-order valence-corrected chi connectivity index (χ1v) is 7.40. The van der Waals surface area contributed by atoms with E-state index in [1.54, 1.807) is 0 Å². The SMILES string of the molecule is CCCS(=O)(=O)NC1CC(C(C)(C)C)C1. The zero-order valence-electron chi connectivity index (χ0n) is 10.2. The van der Waals surface area contributed by atoms with Crippen molar-refractivity contribution < 1.29 is 8.42 Å². The molecule has 0 bridgehead atoms. The fraction of sp³-hybridized carbons (Fsp3) is 1.00. The predicted molar refractivity (Wildman–Crippen MR) is 63.2 cm³/mol. The predicted octanol–water partition coefficient (Wildman–Crippen LogP) is 2.14. The molecular formula is C11H23NO2S. The van der Waals surface area contributed by atoms with Crippen LogP contribution < -0.4 is 4.72 Å². The number of hydrogen-bond donors (Lipinski definition) is 1. The van der Waals surface area contributed by atoms with E-state index in [1.807, 2.05) is 6.92 Å². The van der Waals surface area contributed by atoms with Gasteiger partial charge in [0.05, 0.1) is 5.75 Å². The van der Waals surface area contributed by atoms with E-state index < -0.39 is 10.0 Å². The number of rotatable bonds is 4. The van der Waals surface area contributed by atoms with E-state index in [1.165, 1.54) is 0 Å². The van der Waals surface area contributed by atoms with E-state index in [4.69, 9.17) is 0 Å². The Morgan fingerprint density at radius 3 is 2.20 bits per heavy atom. The highest BCUT2D eigenvalue weighted by Crippen LogP contribution is 2.41. The molecule has 0 radical (unpaired) electrons. The normalized spacial score (nSPS) is 27.5. The fourth-order valence-electron chi connectivity index (χ4n) is 2.00. The molecular weight excluding hydrogens is 210 g/mol. The Labute approximate surface area is 93.7 Å². The highest BCUT2D eigenvalue weighted by atomic mass is 32.2.